The average Bonchev–Trinajstić information content (AvgIpc) is 3.31. The SMILES string of the molecule is Cn1cc(Nc2ncc(C(N)=O)c(N[C@@H]3[C@H](C(N)=O)[C@H]4C=C[C@@H]3C4)n2)cn1. The van der Waals surface area contributed by atoms with E-state index in [4.69, 9.17) is 11.5 Å². The summed E-state index contributed by atoms with van der Waals surface area (Å²) in [5.74, 6) is -0.557. The Kier molecular flexibility index (Phi) is 4.02. The maximum absolute atomic E-state index is 11.9. The zero-order valence-electron chi connectivity index (χ0n) is 14.7. The van der Waals surface area contributed by atoms with Crippen LogP contribution < -0.4 is 22.1 Å². The smallest absolute Gasteiger partial charge is 0.254 e. The Balaban J connectivity index is 1.64. The molecule has 2 aliphatic carbocycles. The van der Waals surface area contributed by atoms with E-state index in [1.807, 2.05) is 6.08 Å². The number of nitrogens with two attached hydrogens (primary N) is 2. The molecule has 2 aromatic rings. The Bertz CT molecular complexity index is 937. The first-order valence-corrected chi connectivity index (χ1v) is 8.59. The van der Waals surface area contributed by atoms with Gasteiger partial charge in [-0.25, -0.2) is 4.98 Å². The van der Waals surface area contributed by atoms with E-state index in [-0.39, 0.29) is 47.0 Å². The molecule has 10 heteroatoms. The lowest BCUT2D eigenvalue weighted by Gasteiger charge is -2.27. The minimum absolute atomic E-state index is 0.108. The largest absolute Gasteiger partial charge is 0.369 e. The third-order valence-electron chi connectivity index (χ3n) is 5.11. The third-order valence-corrected chi connectivity index (χ3v) is 5.11. The molecule has 0 saturated heterocycles. The fourth-order valence-electron chi connectivity index (χ4n) is 3.91. The van der Waals surface area contributed by atoms with Gasteiger partial charge in [-0.15, -0.1) is 0 Å². The number of aromatic nitrogens is 4. The lowest BCUT2D eigenvalue weighted by molar-refractivity contribution is -0.122. The summed E-state index contributed by atoms with van der Waals surface area (Å²) in [6.45, 7) is 0. The molecule has 2 bridgehead atoms. The van der Waals surface area contributed by atoms with Gasteiger partial charge in [-0.05, 0) is 18.3 Å². The van der Waals surface area contributed by atoms with E-state index in [9.17, 15) is 9.59 Å². The van der Waals surface area contributed by atoms with Crippen molar-refractivity contribution in [1.82, 2.24) is 19.7 Å². The van der Waals surface area contributed by atoms with E-state index < -0.39 is 5.91 Å². The second kappa shape index (κ2) is 6.38. The van der Waals surface area contributed by atoms with Crippen molar-refractivity contribution in [2.75, 3.05) is 10.6 Å². The van der Waals surface area contributed by atoms with Crippen LogP contribution in [0.2, 0.25) is 0 Å². The van der Waals surface area contributed by atoms with Crippen LogP contribution in [0, 0.1) is 17.8 Å². The van der Waals surface area contributed by atoms with Crippen LogP contribution in [0.5, 0.6) is 0 Å². The number of nitrogens with one attached hydrogen (secondary N) is 2. The molecule has 0 spiro atoms. The van der Waals surface area contributed by atoms with Gasteiger partial charge in [0.2, 0.25) is 11.9 Å². The molecule has 0 aliphatic heterocycles. The van der Waals surface area contributed by atoms with Crippen LogP contribution in [-0.4, -0.2) is 37.6 Å². The van der Waals surface area contributed by atoms with Gasteiger partial charge in [-0.3, -0.25) is 14.3 Å². The molecule has 2 aliphatic rings. The molecule has 4 atom stereocenters. The van der Waals surface area contributed by atoms with Crippen LogP contribution in [0.3, 0.4) is 0 Å². The summed E-state index contributed by atoms with van der Waals surface area (Å²) in [4.78, 5) is 32.3. The molecule has 6 N–H and O–H groups in total. The Morgan fingerprint density at radius 3 is 2.67 bits per heavy atom. The molecule has 1 fully saturated rings. The molecule has 2 amide bonds. The first kappa shape index (κ1) is 17.0. The Hall–Kier alpha value is -3.43. The number of rotatable bonds is 6. The number of anilines is 3. The minimum Gasteiger partial charge on any atom is -0.369 e. The molecule has 0 unspecified atom stereocenters. The van der Waals surface area contributed by atoms with Gasteiger partial charge < -0.3 is 22.1 Å². The predicted molar refractivity (Wildman–Crippen MR) is 97.9 cm³/mol. The zero-order chi connectivity index (χ0) is 19.1. The highest BCUT2D eigenvalue weighted by atomic mass is 16.1. The van der Waals surface area contributed by atoms with E-state index in [1.54, 1.807) is 24.1 Å². The quantitative estimate of drug-likeness (QED) is 0.529. The van der Waals surface area contributed by atoms with Crippen molar-refractivity contribution in [1.29, 1.82) is 0 Å². The van der Waals surface area contributed by atoms with Crippen LogP contribution in [0.4, 0.5) is 17.5 Å². The normalized spacial score (nSPS) is 25.5. The highest BCUT2D eigenvalue weighted by Crippen LogP contribution is 2.45. The number of aryl methyl sites for hydroxylation is 1. The fourth-order valence-corrected chi connectivity index (χ4v) is 3.91. The summed E-state index contributed by atoms with van der Waals surface area (Å²) in [5, 5.41) is 10.3. The van der Waals surface area contributed by atoms with Crippen LogP contribution >= 0.6 is 0 Å². The molecule has 2 aromatic heterocycles. The monoisotopic (exact) mass is 368 g/mol. The summed E-state index contributed by atoms with van der Waals surface area (Å²) in [5.41, 5.74) is 11.9. The Labute approximate surface area is 155 Å². The van der Waals surface area contributed by atoms with Crippen molar-refractivity contribution >= 4 is 29.3 Å². The van der Waals surface area contributed by atoms with E-state index in [1.165, 1.54) is 6.20 Å². The predicted octanol–water partition coefficient (Wildman–Crippen LogP) is 0.141. The molecule has 10 nitrogen and oxygen atoms in total. The minimum atomic E-state index is -0.653. The molecule has 1 saturated carbocycles. The van der Waals surface area contributed by atoms with Gasteiger partial charge in [0.1, 0.15) is 5.82 Å². The number of carbonyl (C=O) groups excluding carboxylic acids is 2. The van der Waals surface area contributed by atoms with Crippen LogP contribution in [0.15, 0.2) is 30.7 Å². The summed E-state index contributed by atoms with van der Waals surface area (Å²) in [6.07, 6.45) is 9.71. The number of hydrogen-bond acceptors (Lipinski definition) is 7. The van der Waals surface area contributed by atoms with Crippen molar-refractivity contribution < 1.29 is 9.59 Å². The summed E-state index contributed by atoms with van der Waals surface area (Å²) < 4.78 is 1.64. The summed E-state index contributed by atoms with van der Waals surface area (Å²) in [6, 6.07) is -0.239. The van der Waals surface area contributed by atoms with Crippen molar-refractivity contribution in [2.24, 2.45) is 36.3 Å². The van der Waals surface area contributed by atoms with Crippen LogP contribution in [0.25, 0.3) is 0 Å². The van der Waals surface area contributed by atoms with Crippen LogP contribution in [0.1, 0.15) is 16.8 Å². The Morgan fingerprint density at radius 2 is 2.00 bits per heavy atom. The number of hydrogen-bond donors (Lipinski definition) is 4. The number of allylic oxidation sites excluding steroid dienone is 1. The molecule has 0 radical (unpaired) electrons. The molecule has 27 heavy (non-hydrogen) atoms. The maximum Gasteiger partial charge on any atom is 0.254 e. The van der Waals surface area contributed by atoms with Crippen LogP contribution in [-0.2, 0) is 11.8 Å². The van der Waals surface area contributed by atoms with Crippen molar-refractivity contribution in [3.05, 3.63) is 36.3 Å². The fraction of sp³-hybridized carbons (Fsp3) is 0.353. The highest BCUT2D eigenvalue weighted by molar-refractivity contribution is 5.97. The average molecular weight is 368 g/mol. The molecular formula is C17H20N8O2. The topological polar surface area (TPSA) is 154 Å². The van der Waals surface area contributed by atoms with E-state index in [0.717, 1.165) is 6.42 Å². The van der Waals surface area contributed by atoms with E-state index in [0.29, 0.717) is 5.69 Å². The van der Waals surface area contributed by atoms with Gasteiger partial charge in [0.15, 0.2) is 0 Å². The highest BCUT2D eigenvalue weighted by Gasteiger charge is 2.47. The molecule has 140 valence electrons. The molecule has 0 aromatic carbocycles. The number of amides is 2. The van der Waals surface area contributed by atoms with Crippen molar-refractivity contribution in [3.63, 3.8) is 0 Å². The van der Waals surface area contributed by atoms with E-state index >= 15 is 0 Å². The second-order valence-corrected chi connectivity index (χ2v) is 6.89. The summed E-state index contributed by atoms with van der Waals surface area (Å²) in [7, 11) is 1.79. The molecule has 4 rings (SSSR count). The van der Waals surface area contributed by atoms with E-state index in [2.05, 4.69) is 31.8 Å². The first-order chi connectivity index (χ1) is 12.9. The van der Waals surface area contributed by atoms with Gasteiger partial charge in [0, 0.05) is 25.5 Å². The molecule has 2 heterocycles. The van der Waals surface area contributed by atoms with Crippen molar-refractivity contribution in [2.45, 2.75) is 12.5 Å². The van der Waals surface area contributed by atoms with Crippen molar-refractivity contribution in [3.8, 4) is 0 Å². The number of fused-ring (bicyclic) bond motifs is 2. The number of primary amides is 2. The maximum atomic E-state index is 11.9. The molecular weight excluding hydrogens is 348 g/mol. The standard InChI is InChI=1S/C17H20N8O2/c1-25-7-10(5-21-25)22-17-20-6-11(14(18)26)16(24-17)23-13-9-3-2-8(4-9)12(13)15(19)27/h2-3,5-9,12-13H,4H2,1H3,(H2,18,26)(H2,19,27)(H2,20,22,23,24)/t8-,9+,12+,13-/m0/s1. The van der Waals surface area contributed by atoms with Gasteiger partial charge >= 0.3 is 0 Å². The zero-order valence-corrected chi connectivity index (χ0v) is 14.7. The second-order valence-electron chi connectivity index (χ2n) is 6.89. The summed E-state index contributed by atoms with van der Waals surface area (Å²) >= 11 is 0. The van der Waals surface area contributed by atoms with Gasteiger partial charge in [-0.2, -0.15) is 10.1 Å². The first-order valence-electron chi connectivity index (χ1n) is 8.59. The number of nitrogens with zero attached hydrogens (tertiary/aromatic N) is 4. The lowest BCUT2D eigenvalue weighted by Crippen LogP contribution is -2.41. The third kappa shape index (κ3) is 3.09. The Morgan fingerprint density at radius 1 is 1.22 bits per heavy atom. The lowest BCUT2D eigenvalue weighted by atomic mass is 9.88. The number of carbonyl (C=O) groups is 2. The van der Waals surface area contributed by atoms with Gasteiger partial charge in [0.05, 0.1) is 23.4 Å². The van der Waals surface area contributed by atoms with Gasteiger partial charge in [-0.1, -0.05) is 12.2 Å². The van der Waals surface area contributed by atoms with Gasteiger partial charge in [0.25, 0.3) is 5.91 Å².